The summed E-state index contributed by atoms with van der Waals surface area (Å²) in [5.74, 6) is 1.40. The number of amides is 1. The van der Waals surface area contributed by atoms with E-state index in [9.17, 15) is 4.79 Å². The van der Waals surface area contributed by atoms with Crippen molar-refractivity contribution >= 4 is 29.0 Å². The Balaban J connectivity index is 2.28. The number of thiazole rings is 1. The van der Waals surface area contributed by atoms with Crippen LogP contribution in [0.15, 0.2) is 9.72 Å². The van der Waals surface area contributed by atoms with Gasteiger partial charge < -0.3 is 5.32 Å². The summed E-state index contributed by atoms with van der Waals surface area (Å²) in [5.41, 5.74) is 1.15. The van der Waals surface area contributed by atoms with E-state index < -0.39 is 0 Å². The van der Waals surface area contributed by atoms with Crippen molar-refractivity contribution in [3.8, 4) is 0 Å². The molecule has 3 nitrogen and oxygen atoms in total. The van der Waals surface area contributed by atoms with Crippen molar-refractivity contribution < 1.29 is 4.79 Å². The largest absolute Gasteiger partial charge is 0.356 e. The van der Waals surface area contributed by atoms with E-state index in [-0.39, 0.29) is 5.91 Å². The molecule has 1 rings (SSSR count). The summed E-state index contributed by atoms with van der Waals surface area (Å²) in [7, 11) is 0. The molecule has 84 valence electrons. The van der Waals surface area contributed by atoms with E-state index in [0.717, 1.165) is 15.8 Å². The molecule has 0 fully saturated rings. The second-order valence-corrected chi connectivity index (χ2v) is 5.72. The van der Waals surface area contributed by atoms with E-state index in [4.69, 9.17) is 0 Å². The second-order valence-electron chi connectivity index (χ2n) is 3.52. The molecule has 1 amide bonds. The second kappa shape index (κ2) is 6.12. The highest BCUT2D eigenvalue weighted by molar-refractivity contribution is 8.01. The van der Waals surface area contributed by atoms with Crippen LogP contribution >= 0.6 is 23.1 Å². The van der Waals surface area contributed by atoms with Gasteiger partial charge in [0.1, 0.15) is 4.34 Å². The maximum Gasteiger partial charge on any atom is 0.216 e. The first-order valence-corrected chi connectivity index (χ1v) is 6.78. The summed E-state index contributed by atoms with van der Waals surface area (Å²) < 4.78 is 1.09. The Morgan fingerprint density at radius 1 is 1.67 bits per heavy atom. The number of carbonyl (C=O) groups is 1. The molecule has 0 atom stereocenters. The maximum atomic E-state index is 10.6. The lowest BCUT2D eigenvalue weighted by Gasteiger charge is -1.99. The molecule has 0 aliphatic rings. The zero-order valence-electron chi connectivity index (χ0n) is 9.24. The molecule has 1 aromatic rings. The van der Waals surface area contributed by atoms with Crippen molar-refractivity contribution in [2.24, 2.45) is 0 Å². The lowest BCUT2D eigenvalue weighted by Crippen LogP contribution is -2.22. The van der Waals surface area contributed by atoms with Crippen molar-refractivity contribution in [1.82, 2.24) is 10.3 Å². The third-order valence-electron chi connectivity index (χ3n) is 1.79. The van der Waals surface area contributed by atoms with Gasteiger partial charge in [-0.05, 0) is 5.92 Å². The van der Waals surface area contributed by atoms with Crippen molar-refractivity contribution in [3.63, 3.8) is 0 Å². The molecule has 0 unspecified atom stereocenters. The Labute approximate surface area is 98.7 Å². The third-order valence-corrected chi connectivity index (χ3v) is 3.83. The van der Waals surface area contributed by atoms with Gasteiger partial charge in [-0.25, -0.2) is 4.98 Å². The van der Waals surface area contributed by atoms with Gasteiger partial charge in [0.05, 0.1) is 5.69 Å². The number of thioether (sulfide) groups is 1. The molecular formula is C10H16N2OS2. The molecule has 0 saturated carbocycles. The molecule has 0 spiro atoms. The first-order chi connectivity index (χ1) is 7.09. The average molecular weight is 244 g/mol. The highest BCUT2D eigenvalue weighted by Crippen LogP contribution is 2.25. The zero-order valence-corrected chi connectivity index (χ0v) is 10.9. The molecule has 1 aromatic heterocycles. The molecular weight excluding hydrogens is 228 g/mol. The normalized spacial score (nSPS) is 10.7. The predicted molar refractivity (Wildman–Crippen MR) is 65.6 cm³/mol. The Bertz CT molecular complexity index is 323. The fourth-order valence-corrected chi connectivity index (χ4v) is 2.89. The molecule has 5 heteroatoms. The van der Waals surface area contributed by atoms with Gasteiger partial charge >= 0.3 is 0 Å². The highest BCUT2D eigenvalue weighted by atomic mass is 32.2. The Morgan fingerprint density at radius 3 is 2.93 bits per heavy atom. The zero-order chi connectivity index (χ0) is 11.3. The summed E-state index contributed by atoms with van der Waals surface area (Å²) >= 11 is 3.37. The fourth-order valence-electron chi connectivity index (χ4n) is 0.966. The van der Waals surface area contributed by atoms with Gasteiger partial charge in [-0.3, -0.25) is 4.79 Å². The first kappa shape index (κ1) is 12.5. The van der Waals surface area contributed by atoms with E-state index in [2.05, 4.69) is 29.5 Å². The van der Waals surface area contributed by atoms with Crippen LogP contribution in [0.3, 0.4) is 0 Å². The minimum atomic E-state index is 0.0256. The number of hydrogen-bond acceptors (Lipinski definition) is 4. The topological polar surface area (TPSA) is 42.0 Å². The van der Waals surface area contributed by atoms with Gasteiger partial charge in [0.25, 0.3) is 0 Å². The molecule has 1 heterocycles. The molecule has 0 aliphatic heterocycles. The monoisotopic (exact) mass is 244 g/mol. The van der Waals surface area contributed by atoms with Gasteiger partial charge in [0.15, 0.2) is 0 Å². The van der Waals surface area contributed by atoms with Crippen LogP contribution in [0.4, 0.5) is 0 Å². The van der Waals surface area contributed by atoms with Crippen LogP contribution in [0.1, 0.15) is 32.4 Å². The minimum absolute atomic E-state index is 0.0256. The van der Waals surface area contributed by atoms with Crippen LogP contribution < -0.4 is 5.32 Å². The molecule has 0 aliphatic carbocycles. The lowest BCUT2D eigenvalue weighted by molar-refractivity contribution is -0.118. The summed E-state index contributed by atoms with van der Waals surface area (Å²) in [6.07, 6.45) is 0. The van der Waals surface area contributed by atoms with Gasteiger partial charge in [-0.15, -0.1) is 11.3 Å². The average Bonchev–Trinajstić information content (AvgIpc) is 2.60. The van der Waals surface area contributed by atoms with E-state index in [1.807, 2.05) is 0 Å². The molecule has 0 saturated heterocycles. The molecule has 15 heavy (non-hydrogen) atoms. The van der Waals surface area contributed by atoms with Crippen molar-refractivity contribution in [2.75, 3.05) is 12.3 Å². The summed E-state index contributed by atoms with van der Waals surface area (Å²) in [4.78, 5) is 15.1. The van der Waals surface area contributed by atoms with Crippen molar-refractivity contribution in [1.29, 1.82) is 0 Å². The van der Waals surface area contributed by atoms with Gasteiger partial charge in [-0.2, -0.15) is 0 Å². The number of nitrogens with zero attached hydrogens (tertiary/aromatic N) is 1. The van der Waals surface area contributed by atoms with Gasteiger partial charge in [0, 0.05) is 24.6 Å². The standard InChI is InChI=1S/C10H16N2OS2/c1-7(2)9-6-15-10(12-9)14-5-4-11-8(3)13/h6-7H,4-5H2,1-3H3,(H,11,13). The molecule has 0 radical (unpaired) electrons. The minimum Gasteiger partial charge on any atom is -0.356 e. The molecule has 1 N–H and O–H groups in total. The van der Waals surface area contributed by atoms with Crippen LogP contribution in [0.2, 0.25) is 0 Å². The number of rotatable bonds is 5. The Hall–Kier alpha value is -0.550. The Kier molecular flexibility index (Phi) is 5.11. The van der Waals surface area contributed by atoms with Crippen LogP contribution in [0.5, 0.6) is 0 Å². The van der Waals surface area contributed by atoms with Crippen LogP contribution in [0, 0.1) is 0 Å². The smallest absolute Gasteiger partial charge is 0.216 e. The summed E-state index contributed by atoms with van der Waals surface area (Å²) in [6.45, 7) is 6.52. The fraction of sp³-hybridized carbons (Fsp3) is 0.600. The quantitative estimate of drug-likeness (QED) is 0.639. The maximum absolute atomic E-state index is 10.6. The van der Waals surface area contributed by atoms with E-state index in [0.29, 0.717) is 12.5 Å². The number of nitrogens with one attached hydrogen (secondary N) is 1. The first-order valence-electron chi connectivity index (χ1n) is 4.92. The molecule has 0 aromatic carbocycles. The highest BCUT2D eigenvalue weighted by Gasteiger charge is 2.05. The van der Waals surface area contributed by atoms with Crippen LogP contribution in [-0.4, -0.2) is 23.2 Å². The van der Waals surface area contributed by atoms with Crippen molar-refractivity contribution in [3.05, 3.63) is 11.1 Å². The number of hydrogen-bond donors (Lipinski definition) is 1. The third kappa shape index (κ3) is 4.66. The summed E-state index contributed by atoms with van der Waals surface area (Å²) in [6, 6.07) is 0. The van der Waals surface area contributed by atoms with Gasteiger partial charge in [-0.1, -0.05) is 25.6 Å². The summed E-state index contributed by atoms with van der Waals surface area (Å²) in [5, 5.41) is 4.86. The van der Waals surface area contributed by atoms with E-state index >= 15 is 0 Å². The van der Waals surface area contributed by atoms with Crippen LogP contribution in [-0.2, 0) is 4.79 Å². The van der Waals surface area contributed by atoms with Crippen molar-refractivity contribution in [2.45, 2.75) is 31.0 Å². The SMILES string of the molecule is CC(=O)NCCSc1nc(C(C)C)cs1. The van der Waals surface area contributed by atoms with Gasteiger partial charge in [0.2, 0.25) is 5.91 Å². The van der Waals surface area contributed by atoms with E-state index in [1.165, 1.54) is 6.92 Å². The molecule has 0 bridgehead atoms. The lowest BCUT2D eigenvalue weighted by atomic mass is 10.2. The predicted octanol–water partition coefficient (Wildman–Crippen LogP) is 2.49. The number of carbonyl (C=O) groups excluding carboxylic acids is 1. The van der Waals surface area contributed by atoms with E-state index in [1.54, 1.807) is 23.1 Å². The van der Waals surface area contributed by atoms with Crippen LogP contribution in [0.25, 0.3) is 0 Å². The Morgan fingerprint density at radius 2 is 2.40 bits per heavy atom. The number of aromatic nitrogens is 1.